The monoisotopic (exact) mass is 272 g/mol. The van der Waals surface area contributed by atoms with Crippen LogP contribution in [0.5, 0.6) is 5.75 Å². The minimum atomic E-state index is -3.86. The predicted molar refractivity (Wildman–Crippen MR) is 67.9 cm³/mol. The predicted octanol–water partition coefficient (Wildman–Crippen LogP) is 0.315. The zero-order chi connectivity index (χ0) is 13.9. The van der Waals surface area contributed by atoms with Gasteiger partial charge in [-0.05, 0) is 18.6 Å². The fourth-order valence-corrected chi connectivity index (χ4v) is 3.38. The normalized spacial score (nSPS) is 13.0. The third-order valence-corrected chi connectivity index (χ3v) is 4.82. The van der Waals surface area contributed by atoms with Crippen LogP contribution in [0.25, 0.3) is 0 Å². The molecule has 0 spiro atoms. The number of ether oxygens (including phenoxy) is 1. The van der Waals surface area contributed by atoms with Gasteiger partial charge in [0.25, 0.3) is 0 Å². The van der Waals surface area contributed by atoms with E-state index in [-0.39, 0.29) is 17.1 Å². The molecule has 7 heteroatoms. The number of amides is 1. The number of methoxy groups -OCH3 is 1. The highest BCUT2D eigenvalue weighted by Crippen LogP contribution is 2.29. The van der Waals surface area contributed by atoms with Gasteiger partial charge < -0.3 is 16.2 Å². The average Bonchev–Trinajstić information content (AvgIpc) is 2.28. The Hall–Kier alpha value is -1.76. The third kappa shape index (κ3) is 2.56. The first kappa shape index (κ1) is 14.3. The molecule has 0 fully saturated rings. The molecule has 0 heterocycles. The molecule has 0 aromatic heterocycles. The lowest BCUT2D eigenvalue weighted by Crippen LogP contribution is -2.35. The number of nitrogen functional groups attached to an aromatic ring is 1. The van der Waals surface area contributed by atoms with Crippen molar-refractivity contribution in [3.05, 3.63) is 18.2 Å². The van der Waals surface area contributed by atoms with E-state index in [1.165, 1.54) is 25.3 Å². The quantitative estimate of drug-likeness (QED) is 0.749. The van der Waals surface area contributed by atoms with Gasteiger partial charge >= 0.3 is 0 Å². The maximum absolute atomic E-state index is 12.3. The third-order valence-electron chi connectivity index (χ3n) is 2.56. The van der Waals surface area contributed by atoms with Crippen LogP contribution in [0.4, 0.5) is 5.69 Å². The molecule has 0 aliphatic heterocycles. The molecule has 0 aliphatic rings. The molecule has 100 valence electrons. The molecule has 0 saturated carbocycles. The number of hydrogen-bond acceptors (Lipinski definition) is 5. The minimum absolute atomic E-state index is 0.0788. The number of primary amides is 1. The summed E-state index contributed by atoms with van der Waals surface area (Å²) in [6, 6.07) is 4.14. The molecule has 1 unspecified atom stereocenters. The molecule has 4 N–H and O–H groups in total. The molecule has 0 radical (unpaired) electrons. The van der Waals surface area contributed by atoms with Crippen LogP contribution in [0.3, 0.4) is 0 Å². The summed E-state index contributed by atoms with van der Waals surface area (Å²) in [4.78, 5) is 11.1. The first-order chi connectivity index (χ1) is 8.34. The molecule has 1 amide bonds. The maximum Gasteiger partial charge on any atom is 0.236 e. The summed E-state index contributed by atoms with van der Waals surface area (Å²) in [5.41, 5.74) is 11.0. The van der Waals surface area contributed by atoms with E-state index < -0.39 is 21.0 Å². The van der Waals surface area contributed by atoms with Crippen LogP contribution in [0, 0.1) is 0 Å². The molecule has 0 aliphatic carbocycles. The van der Waals surface area contributed by atoms with Crippen LogP contribution in [0.15, 0.2) is 23.1 Å². The largest absolute Gasteiger partial charge is 0.495 e. The van der Waals surface area contributed by atoms with Crippen LogP contribution >= 0.6 is 0 Å². The van der Waals surface area contributed by atoms with Crippen molar-refractivity contribution in [2.75, 3.05) is 12.8 Å². The van der Waals surface area contributed by atoms with Crippen LogP contribution < -0.4 is 16.2 Å². The van der Waals surface area contributed by atoms with E-state index in [0.29, 0.717) is 5.69 Å². The lowest BCUT2D eigenvalue weighted by molar-refractivity contribution is -0.117. The molecule has 0 bridgehead atoms. The van der Waals surface area contributed by atoms with Crippen molar-refractivity contribution < 1.29 is 17.9 Å². The van der Waals surface area contributed by atoms with E-state index in [1.54, 1.807) is 6.92 Å². The SMILES string of the molecule is CCC(C(N)=O)S(=O)(=O)c1ccc(N)cc1OC. The zero-order valence-corrected chi connectivity index (χ0v) is 11.0. The first-order valence-corrected chi connectivity index (χ1v) is 6.86. The van der Waals surface area contributed by atoms with E-state index in [9.17, 15) is 13.2 Å². The van der Waals surface area contributed by atoms with E-state index in [0.717, 1.165) is 0 Å². The second-order valence-electron chi connectivity index (χ2n) is 3.75. The maximum atomic E-state index is 12.3. The molecule has 1 aromatic rings. The molecule has 18 heavy (non-hydrogen) atoms. The number of benzene rings is 1. The molecule has 1 aromatic carbocycles. The van der Waals surface area contributed by atoms with Crippen molar-refractivity contribution in [1.29, 1.82) is 0 Å². The second kappa shape index (κ2) is 5.26. The standard InChI is InChI=1S/C11H16N2O4S/c1-3-9(11(13)14)18(15,16)10-5-4-7(12)6-8(10)17-2/h4-6,9H,3,12H2,1-2H3,(H2,13,14). The van der Waals surface area contributed by atoms with Gasteiger partial charge in [0.15, 0.2) is 9.84 Å². The molecular formula is C11H16N2O4S. The van der Waals surface area contributed by atoms with Gasteiger partial charge in [-0.15, -0.1) is 0 Å². The fraction of sp³-hybridized carbons (Fsp3) is 0.364. The molecule has 1 rings (SSSR count). The summed E-state index contributed by atoms with van der Waals surface area (Å²) >= 11 is 0. The van der Waals surface area contributed by atoms with Gasteiger partial charge in [0, 0.05) is 11.8 Å². The Kier molecular flexibility index (Phi) is 4.18. The van der Waals surface area contributed by atoms with E-state index in [1.807, 2.05) is 0 Å². The smallest absolute Gasteiger partial charge is 0.236 e. The lowest BCUT2D eigenvalue weighted by atomic mass is 10.3. The van der Waals surface area contributed by atoms with Crippen molar-refractivity contribution in [3.8, 4) is 5.75 Å². The van der Waals surface area contributed by atoms with Crippen molar-refractivity contribution >= 4 is 21.4 Å². The van der Waals surface area contributed by atoms with Crippen LogP contribution in [0.1, 0.15) is 13.3 Å². The summed E-state index contributed by atoms with van der Waals surface area (Å²) in [7, 11) is -2.53. The molecule has 0 saturated heterocycles. The highest BCUT2D eigenvalue weighted by atomic mass is 32.2. The minimum Gasteiger partial charge on any atom is -0.495 e. The Bertz CT molecular complexity index is 554. The van der Waals surface area contributed by atoms with Gasteiger partial charge in [-0.2, -0.15) is 0 Å². The second-order valence-corrected chi connectivity index (χ2v) is 5.85. The fourth-order valence-electron chi connectivity index (χ4n) is 1.65. The number of sulfone groups is 1. The van der Waals surface area contributed by atoms with Gasteiger partial charge in [-0.25, -0.2) is 8.42 Å². The van der Waals surface area contributed by atoms with E-state index in [2.05, 4.69) is 0 Å². The van der Waals surface area contributed by atoms with Crippen molar-refractivity contribution in [2.24, 2.45) is 5.73 Å². The topological polar surface area (TPSA) is 112 Å². The Morgan fingerprint density at radius 3 is 2.50 bits per heavy atom. The summed E-state index contributed by atoms with van der Waals surface area (Å²) in [6.45, 7) is 1.58. The van der Waals surface area contributed by atoms with Crippen LogP contribution in [-0.2, 0) is 14.6 Å². The number of nitrogens with two attached hydrogens (primary N) is 2. The van der Waals surface area contributed by atoms with Gasteiger partial charge in [-0.3, -0.25) is 4.79 Å². The van der Waals surface area contributed by atoms with Crippen LogP contribution in [-0.4, -0.2) is 26.7 Å². The summed E-state index contributed by atoms with van der Waals surface area (Å²) in [6.07, 6.45) is 0.102. The highest BCUT2D eigenvalue weighted by Gasteiger charge is 2.33. The highest BCUT2D eigenvalue weighted by molar-refractivity contribution is 7.93. The van der Waals surface area contributed by atoms with E-state index >= 15 is 0 Å². The summed E-state index contributed by atoms with van der Waals surface area (Å²) < 4.78 is 29.5. The molecule has 6 nitrogen and oxygen atoms in total. The Balaban J connectivity index is 3.40. The Labute approximate surface area is 106 Å². The summed E-state index contributed by atoms with van der Waals surface area (Å²) in [5, 5.41) is -1.27. The van der Waals surface area contributed by atoms with Crippen molar-refractivity contribution in [2.45, 2.75) is 23.5 Å². The van der Waals surface area contributed by atoms with Crippen molar-refractivity contribution in [1.82, 2.24) is 0 Å². The van der Waals surface area contributed by atoms with Crippen LogP contribution in [0.2, 0.25) is 0 Å². The number of anilines is 1. The summed E-state index contributed by atoms with van der Waals surface area (Å²) in [5.74, 6) is -0.772. The number of rotatable bonds is 5. The van der Waals surface area contributed by atoms with Gasteiger partial charge in [0.05, 0.1) is 7.11 Å². The molecular weight excluding hydrogens is 256 g/mol. The number of carbonyl (C=O) groups excluding carboxylic acids is 1. The Morgan fingerprint density at radius 1 is 1.44 bits per heavy atom. The van der Waals surface area contributed by atoms with Gasteiger partial charge in [0.1, 0.15) is 15.9 Å². The van der Waals surface area contributed by atoms with Gasteiger partial charge in [0.2, 0.25) is 5.91 Å². The lowest BCUT2D eigenvalue weighted by Gasteiger charge is -2.15. The van der Waals surface area contributed by atoms with Gasteiger partial charge in [-0.1, -0.05) is 6.92 Å². The van der Waals surface area contributed by atoms with Crippen molar-refractivity contribution in [3.63, 3.8) is 0 Å². The first-order valence-electron chi connectivity index (χ1n) is 5.31. The van der Waals surface area contributed by atoms with E-state index in [4.69, 9.17) is 16.2 Å². The number of carbonyl (C=O) groups is 1. The Morgan fingerprint density at radius 2 is 2.06 bits per heavy atom. The zero-order valence-electron chi connectivity index (χ0n) is 10.2. The number of hydrogen-bond donors (Lipinski definition) is 2. The molecule has 1 atom stereocenters. The average molecular weight is 272 g/mol.